The number of nitrogens with one attached hydrogen (secondary N) is 1. The van der Waals surface area contributed by atoms with E-state index in [1.54, 1.807) is 31.4 Å². The van der Waals surface area contributed by atoms with Gasteiger partial charge in [-0.05, 0) is 36.8 Å². The topological polar surface area (TPSA) is 38.3 Å². The first-order valence-electron chi connectivity index (χ1n) is 6.86. The third kappa shape index (κ3) is 3.89. The van der Waals surface area contributed by atoms with Crippen molar-refractivity contribution in [3.8, 4) is 11.1 Å². The monoisotopic (exact) mass is 305 g/mol. The number of methoxy groups -OCH3 is 1. The van der Waals surface area contributed by atoms with Gasteiger partial charge < -0.3 is 10.1 Å². The number of carbonyl (C=O) groups excluding carboxylic acids is 1. The van der Waals surface area contributed by atoms with E-state index < -0.39 is 11.6 Å². The van der Waals surface area contributed by atoms with Crippen LogP contribution in [0.25, 0.3) is 11.1 Å². The third-order valence-electron chi connectivity index (χ3n) is 3.16. The highest BCUT2D eigenvalue weighted by Gasteiger charge is 2.12. The molecule has 22 heavy (non-hydrogen) atoms. The fraction of sp³-hybridized carbons (Fsp3) is 0.235. The Morgan fingerprint density at radius 1 is 1.23 bits per heavy atom. The van der Waals surface area contributed by atoms with Gasteiger partial charge in [0.15, 0.2) is 0 Å². The Morgan fingerprint density at radius 2 is 2.00 bits per heavy atom. The Bertz CT molecular complexity index is 673. The van der Waals surface area contributed by atoms with Crippen molar-refractivity contribution in [2.45, 2.75) is 13.0 Å². The molecule has 1 unspecified atom stereocenters. The molecule has 1 N–H and O–H groups in total. The average Bonchev–Trinajstić information content (AvgIpc) is 2.47. The maximum absolute atomic E-state index is 13.8. The molecule has 0 fully saturated rings. The Labute approximate surface area is 127 Å². The van der Waals surface area contributed by atoms with Gasteiger partial charge >= 0.3 is 0 Å². The predicted molar refractivity (Wildman–Crippen MR) is 80.6 cm³/mol. The lowest BCUT2D eigenvalue weighted by atomic mass is 10.0. The van der Waals surface area contributed by atoms with Gasteiger partial charge in [0, 0.05) is 30.3 Å². The second kappa shape index (κ2) is 7.13. The summed E-state index contributed by atoms with van der Waals surface area (Å²) in [7, 11) is 1.56. The molecule has 0 heterocycles. The van der Waals surface area contributed by atoms with E-state index in [9.17, 15) is 13.6 Å². The predicted octanol–water partition coefficient (Wildman–Crippen LogP) is 3.40. The largest absolute Gasteiger partial charge is 0.383 e. The van der Waals surface area contributed by atoms with E-state index in [0.717, 1.165) is 6.07 Å². The SMILES string of the molecule is COCC(C)NC(=O)c1cccc(-c2ccc(F)cc2F)c1. The quantitative estimate of drug-likeness (QED) is 0.919. The zero-order chi connectivity index (χ0) is 16.1. The second-order valence-corrected chi connectivity index (χ2v) is 5.03. The molecule has 1 amide bonds. The standard InChI is InChI=1S/C17H17F2NO2/c1-11(10-22-2)20-17(21)13-5-3-4-12(8-13)15-7-6-14(18)9-16(15)19/h3-9,11H,10H2,1-2H3,(H,20,21). The number of amides is 1. The average molecular weight is 305 g/mol. The number of ether oxygens (including phenoxy) is 1. The maximum atomic E-state index is 13.8. The molecule has 0 bridgehead atoms. The lowest BCUT2D eigenvalue weighted by molar-refractivity contribution is 0.0905. The molecule has 0 aromatic heterocycles. The van der Waals surface area contributed by atoms with Crippen LogP contribution in [0.4, 0.5) is 8.78 Å². The van der Waals surface area contributed by atoms with Crippen molar-refractivity contribution in [1.82, 2.24) is 5.32 Å². The van der Waals surface area contributed by atoms with Gasteiger partial charge in [0.2, 0.25) is 0 Å². The summed E-state index contributed by atoms with van der Waals surface area (Å²) in [6.07, 6.45) is 0. The van der Waals surface area contributed by atoms with Crippen LogP contribution in [0, 0.1) is 11.6 Å². The van der Waals surface area contributed by atoms with E-state index in [2.05, 4.69) is 5.32 Å². The summed E-state index contributed by atoms with van der Waals surface area (Å²) < 4.78 is 31.8. The molecule has 0 aliphatic carbocycles. The molecule has 2 aromatic rings. The molecule has 5 heteroatoms. The molecule has 2 rings (SSSR count). The van der Waals surface area contributed by atoms with Crippen molar-refractivity contribution >= 4 is 5.91 Å². The molecule has 0 aliphatic heterocycles. The first kappa shape index (κ1) is 16.1. The summed E-state index contributed by atoms with van der Waals surface area (Å²) in [6, 6.07) is 9.78. The van der Waals surface area contributed by atoms with Gasteiger partial charge in [0.25, 0.3) is 5.91 Å². The number of hydrogen-bond donors (Lipinski definition) is 1. The van der Waals surface area contributed by atoms with E-state index in [-0.39, 0.29) is 17.5 Å². The van der Waals surface area contributed by atoms with Gasteiger partial charge in [-0.2, -0.15) is 0 Å². The van der Waals surface area contributed by atoms with Crippen molar-refractivity contribution in [1.29, 1.82) is 0 Å². The van der Waals surface area contributed by atoms with Gasteiger partial charge in [0.05, 0.1) is 6.61 Å². The van der Waals surface area contributed by atoms with Crippen LogP contribution in [0.2, 0.25) is 0 Å². The summed E-state index contributed by atoms with van der Waals surface area (Å²) in [4.78, 5) is 12.1. The van der Waals surface area contributed by atoms with Crippen molar-refractivity contribution in [2.24, 2.45) is 0 Å². The van der Waals surface area contributed by atoms with Gasteiger partial charge in [-0.3, -0.25) is 4.79 Å². The minimum Gasteiger partial charge on any atom is -0.383 e. The van der Waals surface area contributed by atoms with E-state index in [0.29, 0.717) is 17.7 Å². The van der Waals surface area contributed by atoms with Crippen LogP contribution < -0.4 is 5.32 Å². The molecular formula is C17H17F2NO2. The molecule has 1 atom stereocenters. The number of halogens is 2. The number of rotatable bonds is 5. The van der Waals surface area contributed by atoms with E-state index >= 15 is 0 Å². The minimum atomic E-state index is -0.662. The Morgan fingerprint density at radius 3 is 2.68 bits per heavy atom. The zero-order valence-electron chi connectivity index (χ0n) is 12.4. The van der Waals surface area contributed by atoms with Crippen LogP contribution in [0.3, 0.4) is 0 Å². The molecule has 0 saturated carbocycles. The van der Waals surface area contributed by atoms with Gasteiger partial charge in [0.1, 0.15) is 11.6 Å². The lowest BCUT2D eigenvalue weighted by Crippen LogP contribution is -2.35. The fourth-order valence-electron chi connectivity index (χ4n) is 2.15. The summed E-state index contributed by atoms with van der Waals surface area (Å²) in [5.74, 6) is -1.57. The van der Waals surface area contributed by atoms with Crippen molar-refractivity contribution < 1.29 is 18.3 Å². The Hall–Kier alpha value is -2.27. The Kier molecular flexibility index (Phi) is 5.22. The normalized spacial score (nSPS) is 12.0. The fourth-order valence-corrected chi connectivity index (χ4v) is 2.15. The molecule has 0 spiro atoms. The highest BCUT2D eigenvalue weighted by atomic mass is 19.1. The van der Waals surface area contributed by atoms with Crippen LogP contribution in [0.1, 0.15) is 17.3 Å². The van der Waals surface area contributed by atoms with Crippen molar-refractivity contribution in [3.05, 3.63) is 59.7 Å². The molecule has 2 aromatic carbocycles. The van der Waals surface area contributed by atoms with Crippen LogP contribution in [-0.4, -0.2) is 25.7 Å². The van der Waals surface area contributed by atoms with Gasteiger partial charge in [-0.25, -0.2) is 8.78 Å². The van der Waals surface area contributed by atoms with E-state index in [1.165, 1.54) is 12.1 Å². The van der Waals surface area contributed by atoms with E-state index in [4.69, 9.17) is 4.74 Å². The number of benzene rings is 2. The first-order chi connectivity index (χ1) is 10.5. The summed E-state index contributed by atoms with van der Waals surface area (Å²) in [5.41, 5.74) is 1.18. The van der Waals surface area contributed by atoms with Crippen molar-refractivity contribution in [3.63, 3.8) is 0 Å². The zero-order valence-corrected chi connectivity index (χ0v) is 12.4. The van der Waals surface area contributed by atoms with E-state index in [1.807, 2.05) is 6.92 Å². The number of hydrogen-bond acceptors (Lipinski definition) is 2. The minimum absolute atomic E-state index is 0.135. The molecule has 0 radical (unpaired) electrons. The molecule has 116 valence electrons. The first-order valence-corrected chi connectivity index (χ1v) is 6.86. The number of carbonyl (C=O) groups is 1. The highest BCUT2D eigenvalue weighted by molar-refractivity contribution is 5.95. The van der Waals surface area contributed by atoms with Gasteiger partial charge in [-0.1, -0.05) is 12.1 Å². The maximum Gasteiger partial charge on any atom is 0.251 e. The molecule has 0 aliphatic rings. The van der Waals surface area contributed by atoms with Crippen molar-refractivity contribution in [2.75, 3.05) is 13.7 Å². The molecule has 0 saturated heterocycles. The summed E-state index contributed by atoms with van der Waals surface area (Å²) in [6.45, 7) is 2.23. The second-order valence-electron chi connectivity index (χ2n) is 5.03. The van der Waals surface area contributed by atoms with Crippen LogP contribution in [0.15, 0.2) is 42.5 Å². The summed E-state index contributed by atoms with van der Waals surface area (Å²) >= 11 is 0. The third-order valence-corrected chi connectivity index (χ3v) is 3.16. The van der Waals surface area contributed by atoms with Crippen LogP contribution in [0.5, 0.6) is 0 Å². The van der Waals surface area contributed by atoms with Crippen LogP contribution in [-0.2, 0) is 4.74 Å². The smallest absolute Gasteiger partial charge is 0.251 e. The van der Waals surface area contributed by atoms with Crippen LogP contribution >= 0.6 is 0 Å². The van der Waals surface area contributed by atoms with Gasteiger partial charge in [-0.15, -0.1) is 0 Å². The lowest BCUT2D eigenvalue weighted by Gasteiger charge is -2.13. The summed E-state index contributed by atoms with van der Waals surface area (Å²) in [5, 5.41) is 2.78. The Balaban J connectivity index is 2.24. The molecule has 3 nitrogen and oxygen atoms in total. The molecular weight excluding hydrogens is 288 g/mol. The highest BCUT2D eigenvalue weighted by Crippen LogP contribution is 2.24.